The van der Waals surface area contributed by atoms with Gasteiger partial charge in [0, 0.05) is 23.4 Å². The highest BCUT2D eigenvalue weighted by molar-refractivity contribution is 6.31. The van der Waals surface area contributed by atoms with Crippen LogP contribution in [-0.4, -0.2) is 38.7 Å². The van der Waals surface area contributed by atoms with Crippen molar-refractivity contribution in [3.63, 3.8) is 0 Å². The summed E-state index contributed by atoms with van der Waals surface area (Å²) in [6.07, 6.45) is 1.41. The number of fused-ring (bicyclic) bond motifs is 1. The summed E-state index contributed by atoms with van der Waals surface area (Å²) in [5.74, 6) is -2.42. The highest BCUT2D eigenvalue weighted by Gasteiger charge is 2.41. The van der Waals surface area contributed by atoms with Crippen molar-refractivity contribution in [3.05, 3.63) is 103 Å². The van der Waals surface area contributed by atoms with Gasteiger partial charge in [-0.25, -0.2) is 0 Å². The van der Waals surface area contributed by atoms with Gasteiger partial charge in [-0.1, -0.05) is 35.9 Å². The topological polar surface area (TPSA) is 132 Å². The zero-order valence-electron chi connectivity index (χ0n) is 16.9. The Balaban J connectivity index is 1.51. The van der Waals surface area contributed by atoms with Gasteiger partial charge in [-0.05, 0) is 23.8 Å². The number of pyridine rings is 1. The van der Waals surface area contributed by atoms with Gasteiger partial charge in [0.1, 0.15) is 12.1 Å². The second-order valence-electron chi connectivity index (χ2n) is 7.18. The number of hydrogen-bond donors (Lipinski definition) is 1. The Kier molecular flexibility index (Phi) is 5.76. The third kappa shape index (κ3) is 4.23. The minimum Gasteiger partial charge on any atom is -0.323 e. The molecule has 3 aromatic rings. The van der Waals surface area contributed by atoms with Gasteiger partial charge in [0.2, 0.25) is 5.91 Å². The highest BCUT2D eigenvalue weighted by Crippen LogP contribution is 2.30. The molecule has 0 radical (unpaired) electrons. The van der Waals surface area contributed by atoms with Gasteiger partial charge < -0.3 is 9.88 Å². The van der Waals surface area contributed by atoms with Gasteiger partial charge in [-0.3, -0.25) is 34.2 Å². The summed E-state index contributed by atoms with van der Waals surface area (Å²) in [6.45, 7) is -0.475. The highest BCUT2D eigenvalue weighted by atomic mass is 35.5. The first-order valence-electron chi connectivity index (χ1n) is 9.63. The molecule has 3 amide bonds. The smallest absolute Gasteiger partial charge is 0.282 e. The predicted octanol–water partition coefficient (Wildman–Crippen LogP) is 2.69. The number of rotatable bonds is 6. The van der Waals surface area contributed by atoms with Crippen molar-refractivity contribution in [2.24, 2.45) is 0 Å². The molecule has 0 fully saturated rings. The van der Waals surface area contributed by atoms with Crippen molar-refractivity contribution < 1.29 is 19.3 Å². The summed E-state index contributed by atoms with van der Waals surface area (Å²) < 4.78 is 1.35. The van der Waals surface area contributed by atoms with Crippen molar-refractivity contribution in [1.29, 1.82) is 0 Å². The lowest BCUT2D eigenvalue weighted by Gasteiger charge is -2.14. The number of benzene rings is 2. The fraction of sp³-hybridized carbons (Fsp3) is 0.0909. The molecule has 166 valence electrons. The number of aromatic nitrogens is 1. The monoisotopic (exact) mass is 466 g/mol. The average Bonchev–Trinajstić information content (AvgIpc) is 3.02. The second kappa shape index (κ2) is 8.67. The van der Waals surface area contributed by atoms with Crippen molar-refractivity contribution >= 4 is 40.7 Å². The van der Waals surface area contributed by atoms with E-state index in [1.807, 2.05) is 0 Å². The number of imide groups is 1. The molecular weight excluding hydrogens is 452 g/mol. The molecule has 0 aliphatic carbocycles. The Labute approximate surface area is 191 Å². The Hall–Kier alpha value is -4.31. The van der Waals surface area contributed by atoms with E-state index in [0.29, 0.717) is 15.5 Å². The quantitative estimate of drug-likeness (QED) is 0.337. The number of nitro benzene ring substituents is 1. The molecule has 2 heterocycles. The van der Waals surface area contributed by atoms with Crippen molar-refractivity contribution in [3.8, 4) is 0 Å². The maximum absolute atomic E-state index is 12.6. The number of nitrogens with zero attached hydrogens (tertiary/aromatic N) is 3. The summed E-state index contributed by atoms with van der Waals surface area (Å²) >= 11 is 6.15. The minimum absolute atomic E-state index is 0.129. The number of carbonyl (C=O) groups excluding carboxylic acids is 3. The van der Waals surface area contributed by atoms with Crippen LogP contribution in [0.5, 0.6) is 0 Å². The van der Waals surface area contributed by atoms with Crippen molar-refractivity contribution in [2.45, 2.75) is 6.54 Å². The lowest BCUT2D eigenvalue weighted by Crippen LogP contribution is -2.37. The van der Waals surface area contributed by atoms with Crippen molar-refractivity contribution in [1.82, 2.24) is 9.47 Å². The first-order valence-corrected chi connectivity index (χ1v) is 10.0. The summed E-state index contributed by atoms with van der Waals surface area (Å²) in [6, 6.07) is 13.4. The zero-order valence-corrected chi connectivity index (χ0v) is 17.6. The predicted molar refractivity (Wildman–Crippen MR) is 118 cm³/mol. The Morgan fingerprint density at radius 3 is 2.48 bits per heavy atom. The molecule has 2 aromatic carbocycles. The third-order valence-electron chi connectivity index (χ3n) is 5.04. The summed E-state index contributed by atoms with van der Waals surface area (Å²) in [4.78, 5) is 61.0. The molecule has 0 atom stereocenters. The van der Waals surface area contributed by atoms with Gasteiger partial charge in [-0.2, -0.15) is 0 Å². The molecule has 1 aliphatic heterocycles. The standard InChI is InChI=1S/C22H15ClN4O6/c23-16-6-2-1-4-13(16)10-25-11-14(8-9-19(25)29)24-18(28)12-26-21(30)15-5-3-7-17(27(32)33)20(15)22(26)31/h1-9,11H,10,12H2,(H,24,28). The number of carbonyl (C=O) groups is 3. The fourth-order valence-corrected chi connectivity index (χ4v) is 3.69. The summed E-state index contributed by atoms with van der Waals surface area (Å²) in [5.41, 5.74) is -0.323. The molecule has 4 rings (SSSR count). The van der Waals surface area contributed by atoms with Crippen LogP contribution >= 0.6 is 11.6 Å². The number of hydrogen-bond acceptors (Lipinski definition) is 6. The molecule has 0 bridgehead atoms. The van der Waals surface area contributed by atoms with E-state index in [1.54, 1.807) is 24.3 Å². The number of nitro groups is 1. The molecule has 0 saturated carbocycles. The Morgan fingerprint density at radius 1 is 1.00 bits per heavy atom. The van der Waals surface area contributed by atoms with E-state index in [4.69, 9.17) is 11.6 Å². The van der Waals surface area contributed by atoms with Crippen LogP contribution in [0.2, 0.25) is 5.02 Å². The molecule has 1 aliphatic rings. The maximum atomic E-state index is 12.6. The van der Waals surface area contributed by atoms with E-state index in [1.165, 1.54) is 35.0 Å². The van der Waals surface area contributed by atoms with E-state index in [0.717, 1.165) is 6.07 Å². The van der Waals surface area contributed by atoms with E-state index < -0.39 is 34.9 Å². The molecular formula is C22H15ClN4O6. The van der Waals surface area contributed by atoms with Crippen LogP contribution in [0.15, 0.2) is 65.6 Å². The molecule has 1 aromatic heterocycles. The SMILES string of the molecule is O=C(CN1C(=O)c2cccc([N+](=O)[O-])c2C1=O)Nc1ccc(=O)n(Cc2ccccc2Cl)c1. The fourth-order valence-electron chi connectivity index (χ4n) is 3.49. The van der Waals surface area contributed by atoms with Gasteiger partial charge >= 0.3 is 0 Å². The van der Waals surface area contributed by atoms with E-state index in [-0.39, 0.29) is 28.9 Å². The third-order valence-corrected chi connectivity index (χ3v) is 5.41. The van der Waals surface area contributed by atoms with Gasteiger partial charge in [-0.15, -0.1) is 0 Å². The molecule has 10 nitrogen and oxygen atoms in total. The van der Waals surface area contributed by atoms with E-state index >= 15 is 0 Å². The van der Waals surface area contributed by atoms with Gasteiger partial charge in [0.25, 0.3) is 23.1 Å². The maximum Gasteiger partial charge on any atom is 0.282 e. The number of amides is 3. The zero-order chi connectivity index (χ0) is 23.7. The summed E-state index contributed by atoms with van der Waals surface area (Å²) in [5, 5.41) is 14.2. The van der Waals surface area contributed by atoms with Crippen LogP contribution in [0.4, 0.5) is 11.4 Å². The largest absolute Gasteiger partial charge is 0.323 e. The van der Waals surface area contributed by atoms with Crippen LogP contribution < -0.4 is 10.9 Å². The number of nitrogens with one attached hydrogen (secondary N) is 1. The van der Waals surface area contributed by atoms with E-state index in [2.05, 4.69) is 5.32 Å². The molecule has 33 heavy (non-hydrogen) atoms. The summed E-state index contributed by atoms with van der Waals surface area (Å²) in [7, 11) is 0. The van der Waals surface area contributed by atoms with Crippen molar-refractivity contribution in [2.75, 3.05) is 11.9 Å². The molecule has 0 spiro atoms. The molecule has 0 saturated heterocycles. The van der Waals surface area contributed by atoms with Crippen LogP contribution in [0, 0.1) is 10.1 Å². The minimum atomic E-state index is -0.916. The first kappa shape index (κ1) is 21.9. The normalized spacial score (nSPS) is 12.6. The molecule has 11 heteroatoms. The molecule has 0 unspecified atom stereocenters. The first-order chi connectivity index (χ1) is 15.8. The van der Waals surface area contributed by atoms with Crippen LogP contribution in [0.25, 0.3) is 0 Å². The van der Waals surface area contributed by atoms with E-state index in [9.17, 15) is 29.3 Å². The van der Waals surface area contributed by atoms with Gasteiger partial charge in [0.05, 0.1) is 22.7 Å². The Bertz CT molecular complexity index is 1380. The lowest BCUT2D eigenvalue weighted by molar-refractivity contribution is -0.385. The van der Waals surface area contributed by atoms with Crippen LogP contribution in [-0.2, 0) is 11.3 Å². The molecule has 1 N–H and O–H groups in total. The van der Waals surface area contributed by atoms with Crippen LogP contribution in [0.1, 0.15) is 26.3 Å². The Morgan fingerprint density at radius 2 is 1.76 bits per heavy atom. The second-order valence-corrected chi connectivity index (χ2v) is 7.58. The van der Waals surface area contributed by atoms with Crippen LogP contribution in [0.3, 0.4) is 0 Å². The lowest BCUT2D eigenvalue weighted by atomic mass is 10.1. The number of anilines is 1. The number of halogens is 1. The van der Waals surface area contributed by atoms with Gasteiger partial charge in [0.15, 0.2) is 0 Å². The average molecular weight is 467 g/mol.